The summed E-state index contributed by atoms with van der Waals surface area (Å²) in [6.45, 7) is 4.21. The summed E-state index contributed by atoms with van der Waals surface area (Å²) in [5, 5.41) is 0. The molecule has 0 saturated heterocycles. The Morgan fingerprint density at radius 1 is 0.517 bits per heavy atom. The van der Waals surface area contributed by atoms with Crippen molar-refractivity contribution < 1.29 is 42.1 Å². The molecule has 0 aliphatic heterocycles. The lowest BCUT2D eigenvalue weighted by Gasteiger charge is -2.24. The van der Waals surface area contributed by atoms with E-state index in [1.807, 2.05) is 45.4 Å². The van der Waals surface area contributed by atoms with Crippen molar-refractivity contribution in [2.24, 2.45) is 0 Å². The fraction of sp³-hybridized carbons (Fsp3) is 0.640. The number of likely N-dealkylation sites (N-methyl/N-ethyl adjacent to an activating group) is 1. The van der Waals surface area contributed by atoms with Gasteiger partial charge in [-0.3, -0.25) is 18.6 Å². The van der Waals surface area contributed by atoms with Crippen molar-refractivity contribution >= 4 is 19.8 Å². The van der Waals surface area contributed by atoms with E-state index in [-0.39, 0.29) is 26.1 Å². The van der Waals surface area contributed by atoms with E-state index >= 15 is 0 Å². The average molecular weight is 859 g/mol. The molecule has 0 radical (unpaired) electrons. The molecule has 0 heterocycles. The van der Waals surface area contributed by atoms with Crippen molar-refractivity contribution in [1.29, 1.82) is 0 Å². The maximum absolute atomic E-state index is 12.7. The van der Waals surface area contributed by atoms with Crippen molar-refractivity contribution in [2.75, 3.05) is 47.5 Å². The highest BCUT2D eigenvalue weighted by atomic mass is 31.2. The van der Waals surface area contributed by atoms with Crippen LogP contribution in [0.5, 0.6) is 0 Å². The van der Waals surface area contributed by atoms with Crippen LogP contribution in [-0.4, -0.2) is 74.9 Å². The van der Waals surface area contributed by atoms with Crippen molar-refractivity contribution in [3.05, 3.63) is 97.2 Å². The molecule has 1 N–H and O–H groups in total. The van der Waals surface area contributed by atoms with Crippen molar-refractivity contribution in [1.82, 2.24) is 0 Å². The molecule has 0 spiro atoms. The summed E-state index contributed by atoms with van der Waals surface area (Å²) in [6, 6.07) is 0. The Morgan fingerprint density at radius 3 is 1.32 bits per heavy atom. The van der Waals surface area contributed by atoms with Gasteiger partial charge in [-0.25, -0.2) is 4.57 Å². The molecule has 0 aliphatic rings. The Hall–Kier alpha value is -3.07. The second-order valence-corrected chi connectivity index (χ2v) is 17.5. The number of rotatable bonds is 40. The lowest BCUT2D eigenvalue weighted by molar-refractivity contribution is -0.870. The molecule has 0 aromatic heterocycles. The highest BCUT2D eigenvalue weighted by Crippen LogP contribution is 2.43. The SMILES string of the molecule is CCCCCCC/C=C\C/C=C\C/C=C\C/C=C\CCC(=O)OC[C@H](COP(=O)(O)OCC[N+](C)(C)C)OC(=O)CC/C=C\C/C=C\C/C=C\C/C=C\CCCCCCC. The molecular formula is C50H85NO8P+. The minimum absolute atomic E-state index is 0.00344. The van der Waals surface area contributed by atoms with Crippen molar-refractivity contribution in [3.63, 3.8) is 0 Å². The minimum atomic E-state index is -4.42. The molecule has 0 rings (SSSR count). The third-order valence-electron chi connectivity index (χ3n) is 9.11. The summed E-state index contributed by atoms with van der Waals surface area (Å²) in [5.74, 6) is -0.994. The van der Waals surface area contributed by atoms with Crippen LogP contribution in [0.4, 0.5) is 0 Å². The van der Waals surface area contributed by atoms with Gasteiger partial charge in [0.15, 0.2) is 6.10 Å². The minimum Gasteiger partial charge on any atom is -0.462 e. The van der Waals surface area contributed by atoms with E-state index < -0.39 is 32.5 Å². The first kappa shape index (κ1) is 56.9. The van der Waals surface area contributed by atoms with Gasteiger partial charge in [0, 0.05) is 12.8 Å². The molecule has 0 amide bonds. The zero-order valence-electron chi connectivity index (χ0n) is 38.4. The van der Waals surface area contributed by atoms with Gasteiger partial charge in [-0.05, 0) is 77.0 Å². The van der Waals surface area contributed by atoms with Gasteiger partial charge in [-0.15, -0.1) is 0 Å². The summed E-state index contributed by atoms with van der Waals surface area (Å²) in [4.78, 5) is 35.3. The first-order valence-electron chi connectivity index (χ1n) is 23.0. The Morgan fingerprint density at radius 2 is 0.900 bits per heavy atom. The molecule has 0 bridgehead atoms. The normalized spacial score (nSPS) is 14.4. The Bertz CT molecular complexity index is 1340. The number of hydrogen-bond acceptors (Lipinski definition) is 7. The number of nitrogens with zero attached hydrogens (tertiary/aromatic N) is 1. The smallest absolute Gasteiger partial charge is 0.462 e. The topological polar surface area (TPSA) is 108 Å². The van der Waals surface area contributed by atoms with E-state index in [0.717, 1.165) is 38.5 Å². The number of esters is 2. The number of carbonyl (C=O) groups is 2. The number of hydrogen-bond donors (Lipinski definition) is 1. The summed E-state index contributed by atoms with van der Waals surface area (Å²) >= 11 is 0. The molecule has 342 valence electrons. The standard InChI is InChI=1S/C50H84NO8P/c1-6-8-10-12-14-16-18-20-22-24-26-28-30-32-34-36-38-40-42-49(52)56-46-48(47-58-60(54,55)57-45-44-51(3,4)5)59-50(53)43-41-39-37-35-33-31-29-27-25-23-21-19-17-15-13-11-9-7-2/h18-21,24-27,30-33,36-39,48H,6-17,22-23,28-29,34-35,40-47H2,1-5H3/p+1/b20-18-,21-19-,26-24-,27-25-,32-30-,33-31-,38-36-,39-37-/t48-/m1/s1. The summed E-state index contributed by atoms with van der Waals surface area (Å²) in [5.41, 5.74) is 0. The van der Waals surface area contributed by atoms with Gasteiger partial charge in [-0.1, -0.05) is 162 Å². The van der Waals surface area contributed by atoms with Gasteiger partial charge in [-0.2, -0.15) is 0 Å². The monoisotopic (exact) mass is 859 g/mol. The van der Waals surface area contributed by atoms with E-state index in [9.17, 15) is 19.0 Å². The fourth-order valence-electron chi connectivity index (χ4n) is 5.50. The number of phosphoric ester groups is 1. The van der Waals surface area contributed by atoms with E-state index in [1.165, 1.54) is 77.0 Å². The van der Waals surface area contributed by atoms with Gasteiger partial charge >= 0.3 is 19.8 Å². The van der Waals surface area contributed by atoms with E-state index in [0.29, 0.717) is 23.9 Å². The van der Waals surface area contributed by atoms with E-state index in [1.54, 1.807) is 0 Å². The summed E-state index contributed by atoms with van der Waals surface area (Å²) in [6.07, 6.45) is 54.9. The van der Waals surface area contributed by atoms with Crippen LogP contribution in [0.3, 0.4) is 0 Å². The molecule has 2 atom stereocenters. The molecule has 9 nitrogen and oxygen atoms in total. The highest BCUT2D eigenvalue weighted by Gasteiger charge is 2.27. The third kappa shape index (κ3) is 44.5. The lowest BCUT2D eigenvalue weighted by Crippen LogP contribution is -2.37. The van der Waals surface area contributed by atoms with Crippen LogP contribution in [0, 0.1) is 0 Å². The van der Waals surface area contributed by atoms with Crippen LogP contribution in [0.15, 0.2) is 97.2 Å². The molecule has 0 aliphatic carbocycles. The van der Waals surface area contributed by atoms with E-state index in [2.05, 4.69) is 86.8 Å². The zero-order chi connectivity index (χ0) is 44.3. The molecule has 0 saturated carbocycles. The van der Waals surface area contributed by atoms with Crippen LogP contribution in [0.2, 0.25) is 0 Å². The predicted octanol–water partition coefficient (Wildman–Crippen LogP) is 13.4. The maximum Gasteiger partial charge on any atom is 0.472 e. The lowest BCUT2D eigenvalue weighted by atomic mass is 10.1. The molecule has 0 aromatic rings. The quantitative estimate of drug-likeness (QED) is 0.0213. The van der Waals surface area contributed by atoms with E-state index in [4.69, 9.17) is 18.5 Å². The van der Waals surface area contributed by atoms with Crippen LogP contribution >= 0.6 is 7.82 Å². The largest absolute Gasteiger partial charge is 0.472 e. The van der Waals surface area contributed by atoms with Gasteiger partial charge < -0.3 is 18.9 Å². The van der Waals surface area contributed by atoms with Crippen LogP contribution in [-0.2, 0) is 32.7 Å². The molecule has 1 unspecified atom stereocenters. The number of unbranched alkanes of at least 4 members (excludes halogenated alkanes) is 10. The van der Waals surface area contributed by atoms with Crippen molar-refractivity contribution in [3.8, 4) is 0 Å². The van der Waals surface area contributed by atoms with Gasteiger partial charge in [0.2, 0.25) is 0 Å². The summed E-state index contributed by atoms with van der Waals surface area (Å²) < 4.78 is 34.1. The number of allylic oxidation sites excluding steroid dienone is 16. The Labute approximate surface area is 366 Å². The first-order valence-corrected chi connectivity index (χ1v) is 24.5. The number of phosphoric acid groups is 1. The fourth-order valence-corrected chi connectivity index (χ4v) is 6.24. The molecule has 0 fully saturated rings. The molecular weight excluding hydrogens is 774 g/mol. The summed E-state index contributed by atoms with van der Waals surface area (Å²) in [7, 11) is 1.38. The Kier molecular flexibility index (Phi) is 39.2. The average Bonchev–Trinajstić information content (AvgIpc) is 3.20. The van der Waals surface area contributed by atoms with Gasteiger partial charge in [0.1, 0.15) is 19.8 Å². The highest BCUT2D eigenvalue weighted by molar-refractivity contribution is 7.47. The Balaban J connectivity index is 4.59. The van der Waals surface area contributed by atoms with Crippen molar-refractivity contribution in [2.45, 2.75) is 161 Å². The number of quaternary nitrogens is 1. The molecule has 10 heteroatoms. The van der Waals surface area contributed by atoms with Crippen LogP contribution < -0.4 is 0 Å². The molecule has 60 heavy (non-hydrogen) atoms. The van der Waals surface area contributed by atoms with Crippen LogP contribution in [0.25, 0.3) is 0 Å². The number of ether oxygens (including phenoxy) is 2. The third-order valence-corrected chi connectivity index (χ3v) is 10.1. The zero-order valence-corrected chi connectivity index (χ0v) is 39.3. The van der Waals surface area contributed by atoms with Gasteiger partial charge in [0.25, 0.3) is 0 Å². The predicted molar refractivity (Wildman–Crippen MR) is 252 cm³/mol. The first-order chi connectivity index (χ1) is 29.0. The second-order valence-electron chi connectivity index (χ2n) is 16.1. The van der Waals surface area contributed by atoms with Gasteiger partial charge in [0.05, 0.1) is 27.7 Å². The van der Waals surface area contributed by atoms with Crippen LogP contribution in [0.1, 0.15) is 155 Å². The number of carbonyl (C=O) groups excluding carboxylic acids is 2. The maximum atomic E-state index is 12.7. The second kappa shape index (κ2) is 41.3. The molecule has 0 aromatic carbocycles.